The fourth-order valence-electron chi connectivity index (χ4n) is 3.43. The lowest BCUT2D eigenvalue weighted by molar-refractivity contribution is -0.274. The van der Waals surface area contributed by atoms with E-state index in [9.17, 15) is 22.8 Å². The van der Waals surface area contributed by atoms with Crippen molar-refractivity contribution in [2.24, 2.45) is 5.73 Å². The van der Waals surface area contributed by atoms with Gasteiger partial charge in [-0.1, -0.05) is 12.1 Å². The first kappa shape index (κ1) is 20.8. The molecular weight excluding hydrogens is 391 g/mol. The number of hydrogen-bond donors (Lipinski definition) is 1. The Morgan fingerprint density at radius 3 is 2.45 bits per heavy atom. The van der Waals surface area contributed by atoms with Gasteiger partial charge in [0.25, 0.3) is 0 Å². The van der Waals surface area contributed by atoms with Crippen LogP contribution in [0.1, 0.15) is 44.6 Å². The van der Waals surface area contributed by atoms with Crippen molar-refractivity contribution in [1.29, 1.82) is 0 Å². The predicted octanol–water partition coefficient (Wildman–Crippen LogP) is 3.83. The fourth-order valence-corrected chi connectivity index (χ4v) is 3.43. The summed E-state index contributed by atoms with van der Waals surface area (Å²) in [6.07, 6.45) is -3.93. The molecule has 0 radical (unpaired) electrons. The number of alkyl halides is 3. The molecule has 29 heavy (non-hydrogen) atoms. The molecule has 2 aliphatic rings. The minimum Gasteiger partial charge on any atom is -0.459 e. The smallest absolute Gasteiger partial charge is 0.459 e. The highest BCUT2D eigenvalue weighted by atomic mass is 19.4. The van der Waals surface area contributed by atoms with Crippen molar-refractivity contribution in [1.82, 2.24) is 0 Å². The third-order valence-corrected chi connectivity index (χ3v) is 4.49. The Morgan fingerprint density at radius 2 is 1.86 bits per heavy atom. The predicted molar refractivity (Wildman–Crippen MR) is 95.3 cm³/mol. The summed E-state index contributed by atoms with van der Waals surface area (Å²) in [5.41, 5.74) is 6.63. The highest BCUT2D eigenvalue weighted by Gasteiger charge is 2.41. The molecule has 0 aromatic heterocycles. The van der Waals surface area contributed by atoms with Gasteiger partial charge in [0.2, 0.25) is 5.88 Å². The maximum Gasteiger partial charge on any atom is 0.573 e. The van der Waals surface area contributed by atoms with Crippen molar-refractivity contribution < 1.29 is 37.0 Å². The molecule has 1 unspecified atom stereocenters. The van der Waals surface area contributed by atoms with Crippen LogP contribution in [0.25, 0.3) is 0 Å². The number of esters is 1. The van der Waals surface area contributed by atoms with Crippen molar-refractivity contribution in [3.8, 4) is 5.75 Å². The maximum absolute atomic E-state index is 12.7. The second-order valence-electron chi connectivity index (χ2n) is 7.00. The number of carbonyl (C=O) groups is 2. The standard InChI is InChI=1S/C20H20F3NO5/c1-10(2)27-19(26)17-15(11-6-8-12(9-7-11)29-20(21,22)23)16-13(25)4-3-5-14(16)28-18(17)24/h6-10,15H,3-5,24H2,1-2H3. The summed E-state index contributed by atoms with van der Waals surface area (Å²) in [4.78, 5) is 25.3. The maximum atomic E-state index is 12.7. The largest absolute Gasteiger partial charge is 0.573 e. The molecule has 6 nitrogen and oxygen atoms in total. The summed E-state index contributed by atoms with van der Waals surface area (Å²) in [6.45, 7) is 3.32. The first-order chi connectivity index (χ1) is 13.6. The van der Waals surface area contributed by atoms with E-state index in [1.165, 1.54) is 12.1 Å². The topological polar surface area (TPSA) is 87.9 Å². The summed E-state index contributed by atoms with van der Waals surface area (Å²) < 4.78 is 52.0. The van der Waals surface area contributed by atoms with Gasteiger partial charge in [0.15, 0.2) is 5.78 Å². The molecule has 156 valence electrons. The summed E-state index contributed by atoms with van der Waals surface area (Å²) in [6, 6.07) is 4.96. The Kier molecular flexibility index (Phi) is 5.59. The monoisotopic (exact) mass is 411 g/mol. The van der Waals surface area contributed by atoms with E-state index in [1.54, 1.807) is 13.8 Å². The highest BCUT2D eigenvalue weighted by molar-refractivity contribution is 6.03. The minimum absolute atomic E-state index is 0.0443. The Labute approximate surface area is 165 Å². The molecule has 9 heteroatoms. The van der Waals surface area contributed by atoms with E-state index >= 15 is 0 Å². The van der Waals surface area contributed by atoms with E-state index in [-0.39, 0.29) is 29.2 Å². The van der Waals surface area contributed by atoms with Gasteiger partial charge >= 0.3 is 12.3 Å². The van der Waals surface area contributed by atoms with Crippen LogP contribution in [-0.4, -0.2) is 24.2 Å². The molecule has 0 bridgehead atoms. The highest BCUT2D eigenvalue weighted by Crippen LogP contribution is 2.44. The molecule has 1 aliphatic heterocycles. The van der Waals surface area contributed by atoms with Crippen LogP contribution >= 0.6 is 0 Å². The zero-order valence-electron chi connectivity index (χ0n) is 15.8. The van der Waals surface area contributed by atoms with E-state index in [0.29, 0.717) is 24.2 Å². The van der Waals surface area contributed by atoms with Crippen LogP contribution in [0, 0.1) is 0 Å². The second kappa shape index (κ2) is 7.81. The molecule has 1 aromatic rings. The zero-order valence-corrected chi connectivity index (χ0v) is 15.8. The lowest BCUT2D eigenvalue weighted by Crippen LogP contribution is -2.32. The molecule has 3 rings (SSSR count). The zero-order chi connectivity index (χ0) is 21.3. The number of carbonyl (C=O) groups excluding carboxylic acids is 2. The summed E-state index contributed by atoms with van der Waals surface area (Å²) >= 11 is 0. The molecule has 0 fully saturated rings. The minimum atomic E-state index is -4.83. The van der Waals surface area contributed by atoms with E-state index in [4.69, 9.17) is 15.2 Å². The number of halogens is 3. The quantitative estimate of drug-likeness (QED) is 0.758. The first-order valence-electron chi connectivity index (χ1n) is 9.07. The second-order valence-corrected chi connectivity index (χ2v) is 7.00. The van der Waals surface area contributed by atoms with Crippen LogP contribution in [0.2, 0.25) is 0 Å². The van der Waals surface area contributed by atoms with Gasteiger partial charge in [-0.05, 0) is 38.0 Å². The van der Waals surface area contributed by atoms with Crippen molar-refractivity contribution in [3.63, 3.8) is 0 Å². The lowest BCUT2D eigenvalue weighted by Gasteiger charge is -2.32. The fraction of sp³-hybridized carbons (Fsp3) is 0.400. The van der Waals surface area contributed by atoms with E-state index in [2.05, 4.69) is 4.74 Å². The summed E-state index contributed by atoms with van der Waals surface area (Å²) in [5, 5.41) is 0. The number of hydrogen-bond acceptors (Lipinski definition) is 6. The van der Waals surface area contributed by atoms with Gasteiger partial charge in [-0.25, -0.2) is 4.79 Å². The number of Topliss-reactive ketones (excluding diaryl/α,β-unsaturated/α-hetero) is 1. The normalized spacial score (nSPS) is 19.8. The van der Waals surface area contributed by atoms with Crippen LogP contribution in [0.5, 0.6) is 5.75 Å². The third-order valence-electron chi connectivity index (χ3n) is 4.49. The number of allylic oxidation sites excluding steroid dienone is 2. The molecule has 0 saturated heterocycles. The number of benzene rings is 1. The van der Waals surface area contributed by atoms with Gasteiger partial charge in [-0.2, -0.15) is 0 Å². The van der Waals surface area contributed by atoms with Crippen molar-refractivity contribution in [2.45, 2.75) is 51.5 Å². The van der Waals surface area contributed by atoms with E-state index in [1.807, 2.05) is 0 Å². The van der Waals surface area contributed by atoms with Crippen LogP contribution in [0.4, 0.5) is 13.2 Å². The van der Waals surface area contributed by atoms with Gasteiger partial charge in [-0.3, -0.25) is 4.79 Å². The average Bonchev–Trinajstić information content (AvgIpc) is 2.59. The van der Waals surface area contributed by atoms with Gasteiger partial charge in [0, 0.05) is 18.4 Å². The lowest BCUT2D eigenvalue weighted by atomic mass is 9.77. The molecule has 0 saturated carbocycles. The van der Waals surface area contributed by atoms with Crippen molar-refractivity contribution >= 4 is 11.8 Å². The molecule has 1 aliphatic carbocycles. The Bertz CT molecular complexity index is 884. The van der Waals surface area contributed by atoms with Gasteiger partial charge in [0.1, 0.15) is 17.1 Å². The average molecular weight is 411 g/mol. The van der Waals surface area contributed by atoms with Gasteiger partial charge in [-0.15, -0.1) is 13.2 Å². The van der Waals surface area contributed by atoms with E-state index in [0.717, 1.165) is 12.1 Å². The third kappa shape index (κ3) is 4.55. The Hall–Kier alpha value is -2.97. The number of ether oxygens (including phenoxy) is 3. The Balaban J connectivity index is 2.05. The van der Waals surface area contributed by atoms with Crippen molar-refractivity contribution in [3.05, 3.63) is 52.6 Å². The van der Waals surface area contributed by atoms with Crippen LogP contribution in [0.3, 0.4) is 0 Å². The molecule has 2 N–H and O–H groups in total. The molecule has 0 amide bonds. The van der Waals surface area contributed by atoms with Crippen LogP contribution in [-0.2, 0) is 19.1 Å². The Morgan fingerprint density at radius 1 is 1.21 bits per heavy atom. The molecule has 1 aromatic carbocycles. The van der Waals surface area contributed by atoms with Gasteiger partial charge in [0.05, 0.1) is 12.0 Å². The number of rotatable bonds is 4. The van der Waals surface area contributed by atoms with Crippen LogP contribution < -0.4 is 10.5 Å². The van der Waals surface area contributed by atoms with Crippen LogP contribution in [0.15, 0.2) is 47.1 Å². The molecule has 1 atom stereocenters. The van der Waals surface area contributed by atoms with E-state index < -0.39 is 30.1 Å². The molecule has 1 heterocycles. The molecule has 0 spiro atoms. The number of nitrogens with two attached hydrogens (primary N) is 1. The van der Waals surface area contributed by atoms with Crippen molar-refractivity contribution in [2.75, 3.05) is 0 Å². The first-order valence-corrected chi connectivity index (χ1v) is 9.07. The molecular formula is C20H20F3NO5. The number of ketones is 1. The summed E-state index contributed by atoms with van der Waals surface area (Å²) in [7, 11) is 0. The van der Waals surface area contributed by atoms with Gasteiger partial charge < -0.3 is 19.9 Å². The SMILES string of the molecule is CC(C)OC(=O)C1=C(N)OC2=C(C(=O)CCC2)C1c1ccc(OC(F)(F)F)cc1. The summed E-state index contributed by atoms with van der Waals surface area (Å²) in [5.74, 6) is -2.05.